The van der Waals surface area contributed by atoms with Crippen molar-refractivity contribution in [2.24, 2.45) is 0 Å². The molecule has 2 aromatic carbocycles. The molecule has 2 unspecified atom stereocenters. The Balaban J connectivity index is 1.74. The van der Waals surface area contributed by atoms with E-state index >= 15 is 0 Å². The Labute approximate surface area is 330 Å². The van der Waals surface area contributed by atoms with Gasteiger partial charge in [-0.1, -0.05) is 150 Å². The van der Waals surface area contributed by atoms with E-state index in [0.717, 1.165) is 74.4 Å². The SMILES string of the molecule is CCCCCCCCCC(SCCCSSCCCSC(CCCCCCCCC)C(=O)c1ccc(C(=O)O)cc1)C(=O)c1ccc(C(=O)O)cc1. The molecule has 2 rings (SSSR count). The Kier molecular flexibility index (Phi) is 26.2. The molecule has 52 heavy (non-hydrogen) atoms. The lowest BCUT2D eigenvalue weighted by Gasteiger charge is -2.16. The molecule has 10 heteroatoms. The average molecular weight is 791 g/mol. The number of carboxylic acids is 2. The van der Waals surface area contributed by atoms with E-state index in [-0.39, 0.29) is 33.2 Å². The van der Waals surface area contributed by atoms with Crippen molar-refractivity contribution in [1.82, 2.24) is 0 Å². The first-order chi connectivity index (χ1) is 25.3. The Morgan fingerprint density at radius 3 is 1.08 bits per heavy atom. The molecular weight excluding hydrogens is 729 g/mol. The summed E-state index contributed by atoms with van der Waals surface area (Å²) in [4.78, 5) is 49.3. The fourth-order valence-electron chi connectivity index (χ4n) is 5.88. The van der Waals surface area contributed by atoms with Crippen LogP contribution in [0.5, 0.6) is 0 Å². The van der Waals surface area contributed by atoms with Crippen molar-refractivity contribution >= 4 is 68.6 Å². The lowest BCUT2D eigenvalue weighted by molar-refractivity contribution is 0.0686. The van der Waals surface area contributed by atoms with Crippen molar-refractivity contribution in [2.45, 2.75) is 140 Å². The monoisotopic (exact) mass is 790 g/mol. The number of carbonyl (C=O) groups excluding carboxylic acids is 2. The van der Waals surface area contributed by atoms with Crippen LogP contribution in [0.4, 0.5) is 0 Å². The molecule has 0 spiro atoms. The third-order valence-electron chi connectivity index (χ3n) is 9.02. The quantitative estimate of drug-likeness (QED) is 0.0412. The predicted molar refractivity (Wildman–Crippen MR) is 227 cm³/mol. The van der Waals surface area contributed by atoms with E-state index in [0.29, 0.717) is 11.1 Å². The number of benzene rings is 2. The van der Waals surface area contributed by atoms with Crippen LogP contribution < -0.4 is 0 Å². The Morgan fingerprint density at radius 1 is 0.442 bits per heavy atom. The second-order valence-electron chi connectivity index (χ2n) is 13.4. The van der Waals surface area contributed by atoms with E-state index in [9.17, 15) is 29.4 Å². The van der Waals surface area contributed by atoms with Crippen LogP contribution >= 0.6 is 45.1 Å². The third-order valence-corrected chi connectivity index (χ3v) is 14.4. The van der Waals surface area contributed by atoms with Gasteiger partial charge in [0.2, 0.25) is 0 Å². The number of Topliss-reactive ketones (excluding diaryl/α,β-unsaturated/α-hetero) is 2. The van der Waals surface area contributed by atoms with Crippen molar-refractivity contribution in [2.75, 3.05) is 23.0 Å². The summed E-state index contributed by atoms with van der Waals surface area (Å²) in [7, 11) is 3.75. The highest BCUT2D eigenvalue weighted by Crippen LogP contribution is 2.29. The van der Waals surface area contributed by atoms with E-state index < -0.39 is 11.9 Å². The molecule has 0 aliphatic rings. The van der Waals surface area contributed by atoms with Crippen molar-refractivity contribution in [3.05, 3.63) is 70.8 Å². The van der Waals surface area contributed by atoms with Gasteiger partial charge in [0.05, 0.1) is 21.6 Å². The number of carboxylic acid groups (broad SMARTS) is 2. The fourth-order valence-corrected chi connectivity index (χ4v) is 10.9. The van der Waals surface area contributed by atoms with E-state index in [1.807, 2.05) is 21.6 Å². The summed E-state index contributed by atoms with van der Waals surface area (Å²) in [6.07, 6.45) is 20.7. The summed E-state index contributed by atoms with van der Waals surface area (Å²) in [5.41, 5.74) is 1.58. The number of thioether (sulfide) groups is 2. The molecule has 0 radical (unpaired) electrons. The maximum atomic E-state index is 13.4. The van der Waals surface area contributed by atoms with Crippen molar-refractivity contribution < 1.29 is 29.4 Å². The van der Waals surface area contributed by atoms with Gasteiger partial charge in [-0.2, -0.15) is 23.5 Å². The second kappa shape index (κ2) is 29.5. The highest BCUT2D eigenvalue weighted by atomic mass is 33.1. The topological polar surface area (TPSA) is 109 Å². The van der Waals surface area contributed by atoms with Crippen LogP contribution in [0.1, 0.15) is 171 Å². The normalized spacial score (nSPS) is 12.4. The molecule has 2 atom stereocenters. The van der Waals surface area contributed by atoms with Gasteiger partial charge in [-0.05, 0) is 61.5 Å². The molecule has 0 aliphatic heterocycles. The minimum Gasteiger partial charge on any atom is -0.478 e. The maximum absolute atomic E-state index is 13.4. The number of carbonyl (C=O) groups is 4. The van der Waals surface area contributed by atoms with E-state index in [1.54, 1.807) is 47.8 Å². The molecule has 6 nitrogen and oxygen atoms in total. The van der Waals surface area contributed by atoms with Crippen LogP contribution in [-0.4, -0.2) is 67.2 Å². The third kappa shape index (κ3) is 20.0. The van der Waals surface area contributed by atoms with Crippen molar-refractivity contribution in [3.63, 3.8) is 0 Å². The molecule has 290 valence electrons. The molecule has 0 fully saturated rings. The minimum absolute atomic E-state index is 0.104. The number of hydrogen-bond acceptors (Lipinski definition) is 8. The Bertz CT molecular complexity index is 1180. The second-order valence-corrected chi connectivity index (χ2v) is 18.7. The molecule has 0 bridgehead atoms. The zero-order valence-corrected chi connectivity index (χ0v) is 34.8. The average Bonchev–Trinajstić information content (AvgIpc) is 3.15. The molecule has 0 saturated carbocycles. The van der Waals surface area contributed by atoms with Gasteiger partial charge in [0.1, 0.15) is 0 Å². The lowest BCUT2D eigenvalue weighted by Crippen LogP contribution is -2.18. The number of hydrogen-bond donors (Lipinski definition) is 2. The smallest absolute Gasteiger partial charge is 0.335 e. The first-order valence-corrected chi connectivity index (χ1v) is 24.1. The lowest BCUT2D eigenvalue weighted by atomic mass is 10.0. The van der Waals surface area contributed by atoms with Gasteiger partial charge in [0, 0.05) is 22.6 Å². The Hall–Kier alpha value is -1.88. The van der Waals surface area contributed by atoms with Crippen LogP contribution in [0.3, 0.4) is 0 Å². The van der Waals surface area contributed by atoms with Crippen LogP contribution in [0, 0.1) is 0 Å². The highest BCUT2D eigenvalue weighted by Gasteiger charge is 2.22. The summed E-state index contributed by atoms with van der Waals surface area (Å²) in [6, 6.07) is 12.7. The van der Waals surface area contributed by atoms with Gasteiger partial charge >= 0.3 is 11.9 Å². The molecule has 2 N–H and O–H groups in total. The molecule has 0 heterocycles. The van der Waals surface area contributed by atoms with Crippen LogP contribution in [0.15, 0.2) is 48.5 Å². The number of ketones is 2. The van der Waals surface area contributed by atoms with Gasteiger partial charge in [-0.25, -0.2) is 9.59 Å². The Morgan fingerprint density at radius 2 is 0.750 bits per heavy atom. The van der Waals surface area contributed by atoms with Crippen LogP contribution in [0.25, 0.3) is 0 Å². The van der Waals surface area contributed by atoms with Crippen LogP contribution in [0.2, 0.25) is 0 Å². The number of unbranched alkanes of at least 4 members (excludes halogenated alkanes) is 12. The summed E-state index contributed by atoms with van der Waals surface area (Å²) in [6.45, 7) is 4.45. The van der Waals surface area contributed by atoms with E-state index in [1.165, 1.54) is 88.5 Å². The number of rotatable bonds is 33. The molecule has 0 aromatic heterocycles. The number of aromatic carboxylic acids is 2. The van der Waals surface area contributed by atoms with Gasteiger partial charge in [-0.3, -0.25) is 9.59 Å². The minimum atomic E-state index is -0.984. The van der Waals surface area contributed by atoms with E-state index in [2.05, 4.69) is 13.8 Å². The largest absolute Gasteiger partial charge is 0.478 e. The molecule has 0 aliphatic carbocycles. The summed E-state index contributed by atoms with van der Waals surface area (Å²) < 4.78 is 0. The van der Waals surface area contributed by atoms with Crippen molar-refractivity contribution in [1.29, 1.82) is 0 Å². The zero-order valence-electron chi connectivity index (χ0n) is 31.5. The molecule has 2 aromatic rings. The highest BCUT2D eigenvalue weighted by molar-refractivity contribution is 8.76. The molecular formula is C42H62O6S4. The first kappa shape index (κ1) is 46.3. The predicted octanol–water partition coefficient (Wildman–Crippen LogP) is 12.8. The van der Waals surface area contributed by atoms with Gasteiger partial charge in [0.25, 0.3) is 0 Å². The van der Waals surface area contributed by atoms with E-state index in [4.69, 9.17) is 0 Å². The summed E-state index contributed by atoms with van der Waals surface area (Å²) >= 11 is 3.49. The molecule has 0 amide bonds. The molecule has 0 saturated heterocycles. The standard InChI is InChI=1S/C42H62O6S4/c1-3-5-7-9-11-13-15-19-37(39(43)33-21-25-35(26-22-33)41(45)46)49-29-17-31-51-52-32-18-30-50-38(20-16-14-12-10-8-6-4-2)40(44)34-23-27-36(28-24-34)42(47)48/h21-28,37-38H,3-20,29-32H2,1-2H3,(H,45,46)(H,47,48). The van der Waals surface area contributed by atoms with Gasteiger partial charge in [-0.15, -0.1) is 0 Å². The van der Waals surface area contributed by atoms with Crippen LogP contribution in [-0.2, 0) is 0 Å². The zero-order chi connectivity index (χ0) is 37.8. The fraction of sp³-hybridized carbons (Fsp3) is 0.619. The first-order valence-electron chi connectivity index (χ1n) is 19.5. The summed E-state index contributed by atoms with van der Waals surface area (Å²) in [5, 5.41) is 18.3. The summed E-state index contributed by atoms with van der Waals surface area (Å²) in [5.74, 6) is 2.11. The van der Waals surface area contributed by atoms with Crippen molar-refractivity contribution in [3.8, 4) is 0 Å². The maximum Gasteiger partial charge on any atom is 0.335 e. The van der Waals surface area contributed by atoms with Gasteiger partial charge < -0.3 is 10.2 Å². The van der Waals surface area contributed by atoms with Gasteiger partial charge in [0.15, 0.2) is 11.6 Å².